The molecule has 0 aromatic heterocycles. The van der Waals surface area contributed by atoms with Gasteiger partial charge in [-0.15, -0.1) is 0 Å². The molecule has 1 N–H and O–H groups in total. The van der Waals surface area contributed by atoms with Crippen LogP contribution >= 0.6 is 0 Å². The molecule has 0 bridgehead atoms. The first-order chi connectivity index (χ1) is 7.22. The number of anilines is 1. The summed E-state index contributed by atoms with van der Waals surface area (Å²) in [7, 11) is 1.95. The molecular weight excluding hydrogens is 197 g/mol. The van der Waals surface area contributed by atoms with Crippen molar-refractivity contribution in [3.05, 3.63) is 23.8 Å². The second-order valence-corrected chi connectivity index (χ2v) is 3.67. The lowest BCUT2D eigenvalue weighted by Crippen LogP contribution is -2.28. The predicted octanol–water partition coefficient (Wildman–Crippen LogP) is 1.52. The maximum Gasteiger partial charge on any atom is 0.142 e. The average Bonchev–Trinajstić information content (AvgIpc) is 2.28. The molecule has 1 aromatic rings. The Morgan fingerprint density at radius 3 is 3.13 bits per heavy atom. The highest BCUT2D eigenvalue weighted by Gasteiger charge is 2.17. The van der Waals surface area contributed by atoms with E-state index >= 15 is 0 Å². The summed E-state index contributed by atoms with van der Waals surface area (Å²) in [6, 6.07) is 5.25. The van der Waals surface area contributed by atoms with Gasteiger partial charge in [0, 0.05) is 7.05 Å². The van der Waals surface area contributed by atoms with Gasteiger partial charge in [-0.1, -0.05) is 6.07 Å². The lowest BCUT2D eigenvalue weighted by atomic mass is 10.1. The van der Waals surface area contributed by atoms with Gasteiger partial charge in [-0.25, -0.2) is 4.39 Å². The molecule has 3 nitrogen and oxygen atoms in total. The highest BCUT2D eigenvalue weighted by molar-refractivity contribution is 5.61. The van der Waals surface area contributed by atoms with Gasteiger partial charge in [0.15, 0.2) is 0 Å². The number of hydrogen-bond donors (Lipinski definition) is 1. The number of aliphatic hydroxyl groups is 1. The third-order valence-electron chi connectivity index (χ3n) is 2.61. The lowest BCUT2D eigenvalue weighted by molar-refractivity contribution is 0.141. The molecule has 0 spiro atoms. The number of aliphatic hydroxyl groups excluding tert-OH is 1. The summed E-state index contributed by atoms with van der Waals surface area (Å²) in [4.78, 5) is 2.04. The number of halogens is 1. The van der Waals surface area contributed by atoms with Gasteiger partial charge in [-0.2, -0.15) is 0 Å². The fourth-order valence-electron chi connectivity index (χ4n) is 1.66. The summed E-state index contributed by atoms with van der Waals surface area (Å²) < 4.78 is 17.8. The van der Waals surface area contributed by atoms with Gasteiger partial charge in [0.25, 0.3) is 0 Å². The maximum absolute atomic E-state index is 12.3. The van der Waals surface area contributed by atoms with Crippen LogP contribution in [0.25, 0.3) is 0 Å². The number of rotatable bonds is 2. The molecule has 0 radical (unpaired) electrons. The van der Waals surface area contributed by atoms with Crippen molar-refractivity contribution in [2.75, 3.05) is 31.8 Å². The quantitative estimate of drug-likeness (QED) is 0.805. The van der Waals surface area contributed by atoms with E-state index in [1.807, 2.05) is 11.9 Å². The fourth-order valence-corrected chi connectivity index (χ4v) is 1.66. The Morgan fingerprint density at radius 2 is 2.40 bits per heavy atom. The van der Waals surface area contributed by atoms with E-state index in [1.54, 1.807) is 18.2 Å². The number of benzene rings is 1. The molecular formula is C11H14FNO2. The predicted molar refractivity (Wildman–Crippen MR) is 56.1 cm³/mol. The highest BCUT2D eigenvalue weighted by atomic mass is 19.1. The third-order valence-corrected chi connectivity index (χ3v) is 2.61. The number of ether oxygens (including phenoxy) is 1. The summed E-state index contributed by atoms with van der Waals surface area (Å²) in [6.45, 7) is 0.708. The van der Waals surface area contributed by atoms with Crippen LogP contribution in [-0.2, 0) is 0 Å². The molecule has 15 heavy (non-hydrogen) atoms. The minimum Gasteiger partial charge on any atom is -0.490 e. The van der Waals surface area contributed by atoms with Crippen LogP contribution in [-0.4, -0.2) is 32.0 Å². The van der Waals surface area contributed by atoms with Crippen molar-refractivity contribution in [1.82, 2.24) is 0 Å². The molecule has 0 aliphatic carbocycles. The Kier molecular flexibility index (Phi) is 2.77. The smallest absolute Gasteiger partial charge is 0.142 e. The Balaban J connectivity index is 2.35. The van der Waals surface area contributed by atoms with Crippen molar-refractivity contribution >= 4 is 5.69 Å². The van der Waals surface area contributed by atoms with Gasteiger partial charge >= 0.3 is 0 Å². The van der Waals surface area contributed by atoms with Gasteiger partial charge in [0.2, 0.25) is 0 Å². The van der Waals surface area contributed by atoms with Crippen molar-refractivity contribution in [2.24, 2.45) is 0 Å². The maximum atomic E-state index is 12.3. The van der Waals surface area contributed by atoms with E-state index < -0.39 is 12.8 Å². The minimum absolute atomic E-state index is 0.591. The number of hydrogen-bond acceptors (Lipinski definition) is 3. The van der Waals surface area contributed by atoms with E-state index in [0.29, 0.717) is 12.2 Å². The molecule has 1 aromatic carbocycles. The molecule has 1 aliphatic rings. The molecule has 82 valence electrons. The van der Waals surface area contributed by atoms with Crippen molar-refractivity contribution in [1.29, 1.82) is 0 Å². The van der Waals surface area contributed by atoms with Crippen LogP contribution in [0.2, 0.25) is 0 Å². The molecule has 0 fully saturated rings. The van der Waals surface area contributed by atoms with Crippen LogP contribution in [0.1, 0.15) is 11.7 Å². The van der Waals surface area contributed by atoms with Crippen LogP contribution in [0.15, 0.2) is 18.2 Å². The summed E-state index contributed by atoms with van der Waals surface area (Å²) in [5.74, 6) is 0.790. The largest absolute Gasteiger partial charge is 0.490 e. The van der Waals surface area contributed by atoms with Crippen LogP contribution in [0.3, 0.4) is 0 Å². The Hall–Kier alpha value is -1.29. The van der Waals surface area contributed by atoms with Gasteiger partial charge in [0.05, 0.1) is 12.2 Å². The van der Waals surface area contributed by atoms with Gasteiger partial charge in [-0.3, -0.25) is 0 Å². The van der Waals surface area contributed by atoms with Crippen LogP contribution < -0.4 is 9.64 Å². The second kappa shape index (κ2) is 4.06. The molecule has 1 heterocycles. The van der Waals surface area contributed by atoms with Crippen molar-refractivity contribution in [3.8, 4) is 5.75 Å². The van der Waals surface area contributed by atoms with Gasteiger partial charge in [0.1, 0.15) is 25.1 Å². The van der Waals surface area contributed by atoms with Crippen molar-refractivity contribution in [2.45, 2.75) is 6.10 Å². The first-order valence-electron chi connectivity index (χ1n) is 4.94. The van der Waals surface area contributed by atoms with Crippen molar-refractivity contribution in [3.63, 3.8) is 0 Å². The zero-order valence-corrected chi connectivity index (χ0v) is 8.61. The third kappa shape index (κ3) is 1.90. The van der Waals surface area contributed by atoms with Crippen molar-refractivity contribution < 1.29 is 14.2 Å². The summed E-state index contributed by atoms with van der Waals surface area (Å²) in [5.41, 5.74) is 1.50. The number of alkyl halides is 1. The van der Waals surface area contributed by atoms with E-state index in [-0.39, 0.29) is 0 Å². The normalized spacial score (nSPS) is 16.9. The van der Waals surface area contributed by atoms with E-state index in [1.165, 1.54) is 0 Å². The van der Waals surface area contributed by atoms with E-state index in [4.69, 9.17) is 4.74 Å². The molecule has 1 unspecified atom stereocenters. The number of likely N-dealkylation sites (N-methyl/N-ethyl adjacent to an activating group) is 1. The number of fused-ring (bicyclic) bond motifs is 1. The molecule has 2 rings (SSSR count). The molecule has 1 aliphatic heterocycles. The van der Waals surface area contributed by atoms with E-state index in [9.17, 15) is 9.50 Å². The summed E-state index contributed by atoms with van der Waals surface area (Å²) in [6.07, 6.45) is -1.04. The Morgan fingerprint density at radius 1 is 1.60 bits per heavy atom. The van der Waals surface area contributed by atoms with E-state index in [2.05, 4.69) is 0 Å². The topological polar surface area (TPSA) is 32.7 Å². The molecule has 4 heteroatoms. The first kappa shape index (κ1) is 10.2. The van der Waals surface area contributed by atoms with Crippen LogP contribution in [0, 0.1) is 0 Å². The zero-order chi connectivity index (χ0) is 10.8. The van der Waals surface area contributed by atoms with E-state index in [0.717, 1.165) is 18.0 Å². The van der Waals surface area contributed by atoms with Crippen LogP contribution in [0.4, 0.5) is 10.1 Å². The summed E-state index contributed by atoms with van der Waals surface area (Å²) in [5, 5.41) is 9.38. The van der Waals surface area contributed by atoms with Crippen LogP contribution in [0.5, 0.6) is 5.75 Å². The average molecular weight is 211 g/mol. The molecule has 0 saturated heterocycles. The summed E-state index contributed by atoms with van der Waals surface area (Å²) >= 11 is 0. The zero-order valence-electron chi connectivity index (χ0n) is 8.61. The molecule has 1 atom stereocenters. The minimum atomic E-state index is -1.04. The Bertz CT molecular complexity index is 356. The Labute approximate surface area is 88.1 Å². The van der Waals surface area contributed by atoms with Gasteiger partial charge in [-0.05, 0) is 17.7 Å². The molecule has 0 amide bonds. The monoisotopic (exact) mass is 211 g/mol. The second-order valence-electron chi connectivity index (χ2n) is 3.67. The standard InChI is InChI=1S/C11H14FNO2/c1-13-4-5-15-11-3-2-8(6-9(11)13)10(14)7-12/h2-3,6,10,14H,4-5,7H2,1H3. The first-order valence-corrected chi connectivity index (χ1v) is 4.94. The lowest BCUT2D eigenvalue weighted by Gasteiger charge is -2.28. The highest BCUT2D eigenvalue weighted by Crippen LogP contribution is 2.33. The number of nitrogens with zero attached hydrogens (tertiary/aromatic N) is 1. The SMILES string of the molecule is CN1CCOc2ccc(C(O)CF)cc21. The van der Waals surface area contributed by atoms with Gasteiger partial charge < -0.3 is 14.7 Å². The fraction of sp³-hybridized carbons (Fsp3) is 0.455. The molecule has 0 saturated carbocycles.